The summed E-state index contributed by atoms with van der Waals surface area (Å²) in [5.41, 5.74) is 1.72. The Morgan fingerprint density at radius 2 is 2.13 bits per heavy atom. The average Bonchev–Trinajstić information content (AvgIpc) is 2.23. The van der Waals surface area contributed by atoms with E-state index in [-0.39, 0.29) is 0 Å². The van der Waals surface area contributed by atoms with E-state index < -0.39 is 5.60 Å². The zero-order chi connectivity index (χ0) is 10.9. The van der Waals surface area contributed by atoms with Crippen LogP contribution in [0.15, 0.2) is 24.3 Å². The zero-order valence-electron chi connectivity index (χ0n) is 9.36. The molecule has 1 aromatic rings. The Morgan fingerprint density at radius 1 is 1.40 bits per heavy atom. The van der Waals surface area contributed by atoms with Crippen LogP contribution in [0.5, 0.6) is 0 Å². The van der Waals surface area contributed by atoms with Crippen molar-refractivity contribution in [1.29, 1.82) is 0 Å². The fraction of sp³-hybridized carbons (Fsp3) is 0.538. The fourth-order valence-corrected chi connectivity index (χ4v) is 3.33. The van der Waals surface area contributed by atoms with Crippen molar-refractivity contribution in [1.82, 2.24) is 0 Å². The fourth-order valence-electron chi connectivity index (χ4n) is 2.19. The molecular formula is C13H18OS. The van der Waals surface area contributed by atoms with Crippen LogP contribution in [0.2, 0.25) is 0 Å². The average molecular weight is 222 g/mol. The van der Waals surface area contributed by atoms with E-state index in [0.717, 1.165) is 24.2 Å². The Kier molecular flexibility index (Phi) is 3.08. The molecule has 2 rings (SSSR count). The molecule has 1 aromatic carbocycles. The Labute approximate surface area is 95.9 Å². The molecule has 0 aliphatic carbocycles. The summed E-state index contributed by atoms with van der Waals surface area (Å²) in [7, 11) is 0. The first-order valence-electron chi connectivity index (χ1n) is 5.52. The molecule has 0 unspecified atom stereocenters. The third-order valence-electron chi connectivity index (χ3n) is 3.22. The molecule has 2 atom stereocenters. The molecule has 1 fully saturated rings. The molecule has 1 heterocycles. The van der Waals surface area contributed by atoms with Crippen molar-refractivity contribution >= 4 is 11.8 Å². The highest BCUT2D eigenvalue weighted by atomic mass is 32.2. The van der Waals surface area contributed by atoms with E-state index in [1.54, 1.807) is 0 Å². The van der Waals surface area contributed by atoms with Crippen LogP contribution in [0.3, 0.4) is 0 Å². The summed E-state index contributed by atoms with van der Waals surface area (Å²) in [5, 5.41) is 11.3. The number of hydrogen-bond acceptors (Lipinski definition) is 2. The van der Waals surface area contributed by atoms with E-state index in [1.165, 1.54) is 5.56 Å². The molecule has 1 N–H and O–H groups in total. The maximum Gasteiger partial charge on any atom is 0.0989 e. The zero-order valence-corrected chi connectivity index (χ0v) is 10.2. The van der Waals surface area contributed by atoms with Gasteiger partial charge < -0.3 is 5.11 Å². The topological polar surface area (TPSA) is 20.2 Å². The van der Waals surface area contributed by atoms with Gasteiger partial charge in [-0.05, 0) is 30.9 Å². The van der Waals surface area contributed by atoms with Gasteiger partial charge in [-0.1, -0.05) is 31.2 Å². The first-order chi connectivity index (χ1) is 7.12. The smallest absolute Gasteiger partial charge is 0.0989 e. The number of aryl methyl sites for hydroxylation is 1. The van der Waals surface area contributed by atoms with Gasteiger partial charge in [0.1, 0.15) is 0 Å². The Bertz CT molecular complexity index is 340. The lowest BCUT2D eigenvalue weighted by Crippen LogP contribution is -2.34. The third-order valence-corrected chi connectivity index (χ3v) is 4.67. The number of rotatable bonds is 1. The lowest BCUT2D eigenvalue weighted by Gasteiger charge is -2.35. The van der Waals surface area contributed by atoms with Gasteiger partial charge in [0.2, 0.25) is 0 Å². The number of benzene rings is 1. The monoisotopic (exact) mass is 222 g/mol. The van der Waals surface area contributed by atoms with Crippen molar-refractivity contribution in [2.75, 3.05) is 5.75 Å². The molecule has 1 aliphatic rings. The van der Waals surface area contributed by atoms with Crippen molar-refractivity contribution < 1.29 is 5.11 Å². The summed E-state index contributed by atoms with van der Waals surface area (Å²) >= 11 is 1.88. The number of hydrogen-bond donors (Lipinski definition) is 1. The first-order valence-corrected chi connectivity index (χ1v) is 6.57. The van der Waals surface area contributed by atoms with Gasteiger partial charge in [-0.2, -0.15) is 11.8 Å². The van der Waals surface area contributed by atoms with E-state index in [9.17, 15) is 5.11 Å². The molecular weight excluding hydrogens is 204 g/mol. The highest BCUT2D eigenvalue weighted by Crippen LogP contribution is 2.39. The second-order valence-corrected chi connectivity index (χ2v) is 5.93. The molecule has 1 saturated heterocycles. The van der Waals surface area contributed by atoms with Gasteiger partial charge in [0, 0.05) is 11.0 Å². The summed E-state index contributed by atoms with van der Waals surface area (Å²) in [5.74, 6) is 0.832. The van der Waals surface area contributed by atoms with E-state index in [0.29, 0.717) is 5.25 Å². The van der Waals surface area contributed by atoms with E-state index in [1.807, 2.05) is 23.9 Å². The van der Waals surface area contributed by atoms with Crippen LogP contribution in [0, 0.1) is 6.92 Å². The second kappa shape index (κ2) is 4.18. The molecule has 0 amide bonds. The maximum atomic E-state index is 10.6. The number of thioether (sulfide) groups is 1. The van der Waals surface area contributed by atoms with Gasteiger partial charge in [0.05, 0.1) is 5.60 Å². The van der Waals surface area contributed by atoms with E-state index in [2.05, 4.69) is 26.0 Å². The molecule has 1 nitrogen and oxygen atoms in total. The summed E-state index contributed by atoms with van der Waals surface area (Å²) < 4.78 is 0. The van der Waals surface area contributed by atoms with E-state index in [4.69, 9.17) is 0 Å². The van der Waals surface area contributed by atoms with Gasteiger partial charge in [-0.25, -0.2) is 0 Å². The predicted octanol–water partition coefficient (Wildman–Crippen LogP) is 3.10. The van der Waals surface area contributed by atoms with Crippen molar-refractivity contribution in [3.05, 3.63) is 35.4 Å². The summed E-state index contributed by atoms with van der Waals surface area (Å²) in [4.78, 5) is 0. The van der Waals surface area contributed by atoms with Crippen LogP contribution in [0.1, 0.15) is 30.9 Å². The molecule has 0 saturated carbocycles. The molecule has 15 heavy (non-hydrogen) atoms. The van der Waals surface area contributed by atoms with Crippen LogP contribution < -0.4 is 0 Å². The first kappa shape index (κ1) is 11.0. The van der Waals surface area contributed by atoms with Gasteiger partial charge in [0.25, 0.3) is 0 Å². The van der Waals surface area contributed by atoms with Crippen LogP contribution >= 0.6 is 11.8 Å². The summed E-state index contributed by atoms with van der Waals surface area (Å²) in [6.07, 6.45) is 2.00. The van der Waals surface area contributed by atoms with Crippen LogP contribution in [-0.2, 0) is 5.60 Å². The van der Waals surface area contributed by atoms with Gasteiger partial charge in [-0.15, -0.1) is 0 Å². The SMILES string of the molecule is Cc1ccccc1[C@@]1(O)CC[C@@H](C)SC1. The van der Waals surface area contributed by atoms with E-state index >= 15 is 0 Å². The molecule has 0 aromatic heterocycles. The van der Waals surface area contributed by atoms with Gasteiger partial charge in [0.15, 0.2) is 0 Å². The molecule has 0 bridgehead atoms. The third kappa shape index (κ3) is 2.21. The molecule has 2 heteroatoms. The minimum Gasteiger partial charge on any atom is -0.384 e. The predicted molar refractivity (Wildman–Crippen MR) is 66.2 cm³/mol. The quantitative estimate of drug-likeness (QED) is 0.788. The minimum atomic E-state index is -0.595. The standard InChI is InChI=1S/C13H18OS/c1-10-5-3-4-6-12(10)13(14)8-7-11(2)15-9-13/h3-6,11,14H,7-9H2,1-2H3/t11-,13-/m1/s1. The van der Waals surface area contributed by atoms with Crippen molar-refractivity contribution in [3.8, 4) is 0 Å². The summed E-state index contributed by atoms with van der Waals surface area (Å²) in [6, 6.07) is 8.19. The number of aliphatic hydroxyl groups is 1. The van der Waals surface area contributed by atoms with Crippen molar-refractivity contribution in [2.24, 2.45) is 0 Å². The van der Waals surface area contributed by atoms with Crippen molar-refractivity contribution in [2.45, 2.75) is 37.5 Å². The lowest BCUT2D eigenvalue weighted by molar-refractivity contribution is 0.0465. The second-order valence-electron chi connectivity index (χ2n) is 4.51. The normalized spacial score (nSPS) is 31.5. The van der Waals surface area contributed by atoms with Crippen LogP contribution in [0.4, 0.5) is 0 Å². The highest BCUT2D eigenvalue weighted by Gasteiger charge is 2.34. The highest BCUT2D eigenvalue weighted by molar-refractivity contribution is 8.00. The van der Waals surface area contributed by atoms with Crippen LogP contribution in [0.25, 0.3) is 0 Å². The van der Waals surface area contributed by atoms with Crippen LogP contribution in [-0.4, -0.2) is 16.1 Å². The molecule has 1 aliphatic heterocycles. The minimum absolute atomic E-state index is 0.595. The largest absolute Gasteiger partial charge is 0.384 e. The van der Waals surface area contributed by atoms with Gasteiger partial charge in [-0.3, -0.25) is 0 Å². The lowest BCUT2D eigenvalue weighted by atomic mass is 9.87. The molecule has 0 radical (unpaired) electrons. The summed E-state index contributed by atoms with van der Waals surface area (Å²) in [6.45, 7) is 4.32. The Balaban J connectivity index is 2.26. The van der Waals surface area contributed by atoms with Crippen molar-refractivity contribution in [3.63, 3.8) is 0 Å². The molecule has 0 spiro atoms. The Hall–Kier alpha value is -0.470. The Morgan fingerprint density at radius 3 is 2.73 bits per heavy atom. The maximum absolute atomic E-state index is 10.6. The molecule has 82 valence electrons. The van der Waals surface area contributed by atoms with Gasteiger partial charge >= 0.3 is 0 Å².